The van der Waals surface area contributed by atoms with Crippen molar-refractivity contribution >= 4 is 41.5 Å². The minimum absolute atomic E-state index is 0.101. The zero-order valence-electron chi connectivity index (χ0n) is 17.6. The van der Waals surface area contributed by atoms with Crippen molar-refractivity contribution < 1.29 is 48.8 Å². The van der Waals surface area contributed by atoms with Gasteiger partial charge in [0.05, 0.1) is 0 Å². The number of hydrogen-bond donors (Lipinski definition) is 3. The first kappa shape index (κ1) is 26.6. The highest BCUT2D eigenvalue weighted by atomic mass is 16.7. The van der Waals surface area contributed by atoms with Crippen LogP contribution in [-0.4, -0.2) is 99.2 Å². The molecule has 0 saturated carbocycles. The van der Waals surface area contributed by atoms with Gasteiger partial charge in [0.25, 0.3) is 35.4 Å². The summed E-state index contributed by atoms with van der Waals surface area (Å²) in [5.74, 6) is -2.98. The zero-order chi connectivity index (χ0) is 24.4. The number of imide groups is 3. The molecule has 0 unspecified atom stereocenters. The monoisotopic (exact) mass is 459 g/mol. The Morgan fingerprint density at radius 1 is 0.781 bits per heavy atom. The van der Waals surface area contributed by atoms with E-state index in [1.54, 1.807) is 0 Å². The fraction of sp³-hybridized carbons (Fsp3) is 0.588. The maximum absolute atomic E-state index is 11.2. The van der Waals surface area contributed by atoms with E-state index >= 15 is 0 Å². The molecule has 3 fully saturated rings. The Kier molecular flexibility index (Phi) is 10.3. The van der Waals surface area contributed by atoms with Gasteiger partial charge in [0.1, 0.15) is 0 Å². The second-order valence-corrected chi connectivity index (χ2v) is 6.89. The lowest BCUT2D eigenvalue weighted by atomic mass is 10.4. The summed E-state index contributed by atoms with van der Waals surface area (Å²) in [7, 11) is 3.72. The normalized spacial score (nSPS) is 18.1. The topological polar surface area (TPSA) is 194 Å². The molecule has 0 aromatic heterocycles. The van der Waals surface area contributed by atoms with Gasteiger partial charge in [-0.3, -0.25) is 39.2 Å². The maximum Gasteiger partial charge on any atom is 0.432 e. The van der Waals surface area contributed by atoms with E-state index in [9.17, 15) is 33.6 Å². The number of nitrogens with zero attached hydrogens (tertiary/aromatic N) is 4. The molecule has 0 spiro atoms. The van der Waals surface area contributed by atoms with Crippen LogP contribution in [0.3, 0.4) is 0 Å². The van der Waals surface area contributed by atoms with Crippen LogP contribution >= 0.6 is 0 Å². The third kappa shape index (κ3) is 8.37. The van der Waals surface area contributed by atoms with E-state index in [0.717, 1.165) is 0 Å². The van der Waals surface area contributed by atoms with Crippen LogP contribution in [0, 0.1) is 0 Å². The lowest BCUT2D eigenvalue weighted by molar-refractivity contribution is -0.172. The van der Waals surface area contributed by atoms with Crippen LogP contribution in [0.4, 0.5) is 4.79 Å². The first-order chi connectivity index (χ1) is 14.9. The van der Waals surface area contributed by atoms with Gasteiger partial charge in [0, 0.05) is 51.6 Å². The Hall–Kier alpha value is -3.43. The summed E-state index contributed by atoms with van der Waals surface area (Å²) >= 11 is 0. The van der Waals surface area contributed by atoms with Crippen molar-refractivity contribution in [1.29, 1.82) is 0 Å². The molecule has 32 heavy (non-hydrogen) atoms. The van der Waals surface area contributed by atoms with Gasteiger partial charge < -0.3 is 15.1 Å². The molecule has 0 atom stereocenters. The van der Waals surface area contributed by atoms with Crippen molar-refractivity contribution in [3.63, 3.8) is 0 Å². The van der Waals surface area contributed by atoms with Gasteiger partial charge in [-0.25, -0.2) is 4.79 Å². The molecular weight excluding hydrogens is 434 g/mol. The second kappa shape index (κ2) is 12.4. The Morgan fingerprint density at radius 2 is 1.12 bits per heavy atom. The Labute approximate surface area is 182 Å². The maximum atomic E-state index is 11.2. The number of rotatable bonds is 4. The van der Waals surface area contributed by atoms with Gasteiger partial charge in [-0.2, -0.15) is 10.1 Å². The molecular formula is C17H25N5O10. The van der Waals surface area contributed by atoms with Gasteiger partial charge in [-0.1, -0.05) is 0 Å². The summed E-state index contributed by atoms with van der Waals surface area (Å²) in [5, 5.41) is 20.1. The number of likely N-dealkylation sites (N-methyl/N-ethyl adjacent to an activating group) is 1. The molecule has 3 aliphatic rings. The van der Waals surface area contributed by atoms with E-state index in [4.69, 9.17) is 10.4 Å². The van der Waals surface area contributed by atoms with Gasteiger partial charge in [0.15, 0.2) is 0 Å². The number of carbonyl (C=O) groups excluding carboxylic acids is 7. The van der Waals surface area contributed by atoms with Crippen LogP contribution in [0.25, 0.3) is 0 Å². The van der Waals surface area contributed by atoms with Crippen molar-refractivity contribution in [2.75, 3.05) is 27.2 Å². The van der Waals surface area contributed by atoms with E-state index in [0.29, 0.717) is 18.2 Å². The predicted molar refractivity (Wildman–Crippen MR) is 99.9 cm³/mol. The molecule has 0 aromatic carbocycles. The number of nitrogens with one attached hydrogen (secondary N) is 1. The summed E-state index contributed by atoms with van der Waals surface area (Å²) < 4.78 is 0. The third-order valence-electron chi connectivity index (χ3n) is 4.06. The minimum Gasteiger partial charge on any atom is -0.318 e. The highest BCUT2D eigenvalue weighted by Gasteiger charge is 2.32. The Balaban J connectivity index is 0.000000267. The highest BCUT2D eigenvalue weighted by Crippen LogP contribution is 2.11. The summed E-state index contributed by atoms with van der Waals surface area (Å²) in [6.45, 7) is 1.04. The number of hydroxylamine groups is 6. The third-order valence-corrected chi connectivity index (χ3v) is 4.06. The van der Waals surface area contributed by atoms with Crippen molar-refractivity contribution in [2.45, 2.75) is 38.5 Å². The van der Waals surface area contributed by atoms with Crippen LogP contribution in [-0.2, 0) is 33.6 Å². The zero-order valence-corrected chi connectivity index (χ0v) is 17.6. The standard InChI is InChI=1S/C9H15N3O4.2C4H5NO3/c1-11(2)6-5-10-9(15)16-12-7(13)3-4-8(12)14;2*6-3-1-2-4(7)5(3)8/h3-6H2,1-2H3,(H,10,15);2*8H,1-2H2. The molecule has 7 amide bonds. The minimum atomic E-state index is -0.787. The molecule has 15 nitrogen and oxygen atoms in total. The van der Waals surface area contributed by atoms with E-state index in [-0.39, 0.29) is 48.7 Å². The quantitative estimate of drug-likeness (QED) is 0.323. The van der Waals surface area contributed by atoms with Crippen LogP contribution in [0.1, 0.15) is 38.5 Å². The first-order valence-electron chi connectivity index (χ1n) is 9.49. The van der Waals surface area contributed by atoms with E-state index in [2.05, 4.69) is 10.2 Å². The summed E-state index contributed by atoms with van der Waals surface area (Å²) in [6, 6.07) is 0. The predicted octanol–water partition coefficient (Wildman–Crippen LogP) is -1.61. The Morgan fingerprint density at radius 3 is 1.41 bits per heavy atom. The lowest BCUT2D eigenvalue weighted by Gasteiger charge is -2.14. The fourth-order valence-electron chi connectivity index (χ4n) is 2.28. The smallest absolute Gasteiger partial charge is 0.318 e. The molecule has 3 rings (SSSR count). The first-order valence-corrected chi connectivity index (χ1v) is 9.49. The molecule has 0 radical (unpaired) electrons. The average Bonchev–Trinajstić information content (AvgIpc) is 3.32. The molecule has 3 heterocycles. The van der Waals surface area contributed by atoms with Gasteiger partial charge in [-0.15, -0.1) is 5.06 Å². The van der Waals surface area contributed by atoms with E-state index < -0.39 is 41.5 Å². The lowest BCUT2D eigenvalue weighted by Crippen LogP contribution is -2.39. The van der Waals surface area contributed by atoms with Crippen LogP contribution < -0.4 is 5.32 Å². The largest absolute Gasteiger partial charge is 0.432 e. The van der Waals surface area contributed by atoms with Crippen LogP contribution in [0.15, 0.2) is 0 Å². The molecule has 0 aromatic rings. The van der Waals surface area contributed by atoms with Crippen LogP contribution in [0.5, 0.6) is 0 Å². The van der Waals surface area contributed by atoms with Crippen LogP contribution in [0.2, 0.25) is 0 Å². The SMILES string of the molecule is CN(C)CCNC(=O)ON1C(=O)CCC1=O.O=C1CCC(=O)N1O.O=C1CCC(=O)N1O. The van der Waals surface area contributed by atoms with Crippen molar-refractivity contribution in [1.82, 2.24) is 25.4 Å². The van der Waals surface area contributed by atoms with Crippen molar-refractivity contribution in [3.05, 3.63) is 0 Å². The van der Waals surface area contributed by atoms with Crippen molar-refractivity contribution in [2.24, 2.45) is 0 Å². The average molecular weight is 459 g/mol. The second-order valence-electron chi connectivity index (χ2n) is 6.89. The molecule has 3 N–H and O–H groups in total. The highest BCUT2D eigenvalue weighted by molar-refractivity contribution is 6.02. The summed E-state index contributed by atoms with van der Waals surface area (Å²) in [4.78, 5) is 80.8. The van der Waals surface area contributed by atoms with Gasteiger partial charge >= 0.3 is 6.09 Å². The van der Waals surface area contributed by atoms with Gasteiger partial charge in [0.2, 0.25) is 0 Å². The molecule has 0 bridgehead atoms. The molecule has 3 saturated heterocycles. The van der Waals surface area contributed by atoms with Crippen molar-refractivity contribution in [3.8, 4) is 0 Å². The number of amides is 7. The van der Waals surface area contributed by atoms with E-state index in [1.807, 2.05) is 19.0 Å². The molecule has 178 valence electrons. The summed E-state index contributed by atoms with van der Waals surface area (Å²) in [5.41, 5.74) is 0. The van der Waals surface area contributed by atoms with Gasteiger partial charge in [-0.05, 0) is 14.1 Å². The fourth-order valence-corrected chi connectivity index (χ4v) is 2.28. The number of carbonyl (C=O) groups is 7. The molecule has 15 heteroatoms. The summed E-state index contributed by atoms with van der Waals surface area (Å²) in [6.07, 6.45) is 0.00798. The molecule has 3 aliphatic heterocycles. The number of hydrogen-bond acceptors (Lipinski definition) is 11. The molecule has 0 aliphatic carbocycles. The van der Waals surface area contributed by atoms with E-state index in [1.165, 1.54) is 0 Å². The Bertz CT molecular complexity index is 702.